The highest BCUT2D eigenvalue weighted by molar-refractivity contribution is 5.80. The lowest BCUT2D eigenvalue weighted by atomic mass is 9.97. The van der Waals surface area contributed by atoms with E-state index in [1.165, 1.54) is 0 Å². The van der Waals surface area contributed by atoms with E-state index in [1.807, 2.05) is 13.8 Å². The van der Waals surface area contributed by atoms with Crippen molar-refractivity contribution in [2.45, 2.75) is 39.5 Å². The molecule has 1 aromatic heterocycles. The van der Waals surface area contributed by atoms with E-state index in [0.29, 0.717) is 25.9 Å². The molecule has 2 rings (SSSR count). The molecular formula is C14H21N3O3. The summed E-state index contributed by atoms with van der Waals surface area (Å²) in [6, 6.07) is 0. The largest absolute Gasteiger partial charge is 0.369 e. The normalized spacial score (nSPS) is 19.1. The number of likely N-dealkylation sites (tertiary alicyclic amines) is 1. The number of aromatic nitrogens is 1. The summed E-state index contributed by atoms with van der Waals surface area (Å²) in [4.78, 5) is 25.2. The lowest BCUT2D eigenvalue weighted by molar-refractivity contribution is -0.134. The van der Waals surface area contributed by atoms with Crippen LogP contribution in [0.5, 0.6) is 0 Å². The van der Waals surface area contributed by atoms with E-state index in [9.17, 15) is 9.59 Å². The predicted molar refractivity (Wildman–Crippen MR) is 72.8 cm³/mol. The van der Waals surface area contributed by atoms with Crippen molar-refractivity contribution in [3.63, 3.8) is 0 Å². The van der Waals surface area contributed by atoms with Crippen molar-refractivity contribution in [2.75, 3.05) is 13.1 Å². The molecule has 0 spiro atoms. The van der Waals surface area contributed by atoms with E-state index in [2.05, 4.69) is 5.16 Å². The summed E-state index contributed by atoms with van der Waals surface area (Å²) in [6.45, 7) is 4.89. The topological polar surface area (TPSA) is 89.4 Å². The molecule has 0 bridgehead atoms. The fraction of sp³-hybridized carbons (Fsp3) is 0.643. The first-order valence-electron chi connectivity index (χ1n) is 6.98. The molecule has 1 saturated heterocycles. The second-order valence-corrected chi connectivity index (χ2v) is 5.38. The van der Waals surface area contributed by atoms with Gasteiger partial charge in [-0.05, 0) is 33.1 Å². The van der Waals surface area contributed by atoms with E-state index in [-0.39, 0.29) is 17.7 Å². The molecule has 1 aliphatic heterocycles. The Labute approximate surface area is 118 Å². The maximum atomic E-state index is 12.2. The van der Waals surface area contributed by atoms with Crippen LogP contribution in [0, 0.1) is 19.8 Å². The molecule has 2 amide bonds. The minimum absolute atomic E-state index is 0.0657. The first kappa shape index (κ1) is 14.6. The van der Waals surface area contributed by atoms with Crippen LogP contribution in [0.1, 0.15) is 36.3 Å². The SMILES string of the molecule is Cc1noc(C)c1CCC(=O)N1CCCC(C(N)=O)C1. The first-order valence-corrected chi connectivity index (χ1v) is 6.98. The molecule has 2 heterocycles. The van der Waals surface area contributed by atoms with Crippen molar-refractivity contribution in [1.29, 1.82) is 0 Å². The smallest absolute Gasteiger partial charge is 0.222 e. The molecule has 0 aromatic carbocycles. The molecule has 6 heteroatoms. The number of piperidine rings is 1. The van der Waals surface area contributed by atoms with Crippen LogP contribution < -0.4 is 5.73 Å². The number of aryl methyl sites for hydroxylation is 2. The second-order valence-electron chi connectivity index (χ2n) is 5.38. The van der Waals surface area contributed by atoms with Gasteiger partial charge in [0.15, 0.2) is 0 Å². The summed E-state index contributed by atoms with van der Waals surface area (Å²) < 4.78 is 5.09. The van der Waals surface area contributed by atoms with Crippen LogP contribution in [-0.4, -0.2) is 35.0 Å². The fourth-order valence-corrected chi connectivity index (χ4v) is 2.68. The van der Waals surface area contributed by atoms with Crippen molar-refractivity contribution >= 4 is 11.8 Å². The number of carbonyl (C=O) groups excluding carboxylic acids is 2. The zero-order chi connectivity index (χ0) is 14.7. The highest BCUT2D eigenvalue weighted by atomic mass is 16.5. The first-order chi connectivity index (χ1) is 9.49. The average molecular weight is 279 g/mol. The van der Waals surface area contributed by atoms with Crippen molar-refractivity contribution in [2.24, 2.45) is 11.7 Å². The number of primary amides is 1. The summed E-state index contributed by atoms with van der Waals surface area (Å²) in [5, 5.41) is 3.88. The molecule has 1 fully saturated rings. The third-order valence-corrected chi connectivity index (χ3v) is 3.95. The summed E-state index contributed by atoms with van der Waals surface area (Å²) >= 11 is 0. The second kappa shape index (κ2) is 6.07. The maximum Gasteiger partial charge on any atom is 0.222 e. The van der Waals surface area contributed by atoms with Gasteiger partial charge in [-0.1, -0.05) is 5.16 Å². The van der Waals surface area contributed by atoms with Crippen LogP contribution in [0.15, 0.2) is 4.52 Å². The standard InChI is InChI=1S/C14H21N3O3/c1-9-12(10(2)20-16-9)5-6-13(18)17-7-3-4-11(8-17)14(15)19/h11H,3-8H2,1-2H3,(H2,15,19). The van der Waals surface area contributed by atoms with Gasteiger partial charge in [-0.3, -0.25) is 9.59 Å². The van der Waals surface area contributed by atoms with Gasteiger partial charge in [-0.25, -0.2) is 0 Å². The summed E-state index contributed by atoms with van der Waals surface area (Å²) in [5.74, 6) is 0.319. The summed E-state index contributed by atoms with van der Waals surface area (Å²) in [7, 11) is 0. The molecule has 20 heavy (non-hydrogen) atoms. The van der Waals surface area contributed by atoms with Crippen molar-refractivity contribution in [3.8, 4) is 0 Å². The Morgan fingerprint density at radius 3 is 2.80 bits per heavy atom. The number of nitrogens with two attached hydrogens (primary N) is 1. The van der Waals surface area contributed by atoms with Gasteiger partial charge < -0.3 is 15.2 Å². The van der Waals surface area contributed by atoms with Gasteiger partial charge in [-0.15, -0.1) is 0 Å². The zero-order valence-electron chi connectivity index (χ0n) is 12.0. The highest BCUT2D eigenvalue weighted by Gasteiger charge is 2.26. The van der Waals surface area contributed by atoms with Gasteiger partial charge in [0.1, 0.15) is 5.76 Å². The Kier molecular flexibility index (Phi) is 4.42. The molecule has 1 aliphatic rings. The molecule has 1 atom stereocenters. The Morgan fingerprint density at radius 2 is 2.20 bits per heavy atom. The summed E-state index contributed by atoms with van der Waals surface area (Å²) in [5.41, 5.74) is 7.16. The van der Waals surface area contributed by atoms with Crippen molar-refractivity contribution in [1.82, 2.24) is 10.1 Å². The number of rotatable bonds is 4. The Balaban J connectivity index is 1.90. The molecule has 1 unspecified atom stereocenters. The summed E-state index contributed by atoms with van der Waals surface area (Å²) in [6.07, 6.45) is 2.65. The third-order valence-electron chi connectivity index (χ3n) is 3.95. The molecule has 0 saturated carbocycles. The predicted octanol–water partition coefficient (Wildman–Crippen LogP) is 0.948. The van der Waals surface area contributed by atoms with Crippen LogP contribution in [0.4, 0.5) is 0 Å². The maximum absolute atomic E-state index is 12.2. The zero-order valence-corrected chi connectivity index (χ0v) is 12.0. The lowest BCUT2D eigenvalue weighted by Gasteiger charge is -2.31. The number of carbonyl (C=O) groups is 2. The van der Waals surface area contributed by atoms with Gasteiger partial charge in [0.2, 0.25) is 11.8 Å². The fourth-order valence-electron chi connectivity index (χ4n) is 2.68. The van der Waals surface area contributed by atoms with Gasteiger partial charge in [0.25, 0.3) is 0 Å². The molecule has 0 aliphatic carbocycles. The Bertz CT molecular complexity index is 490. The van der Waals surface area contributed by atoms with Gasteiger partial charge in [0.05, 0.1) is 11.6 Å². The quantitative estimate of drug-likeness (QED) is 0.888. The van der Waals surface area contributed by atoms with Gasteiger partial charge in [0, 0.05) is 25.1 Å². The van der Waals surface area contributed by atoms with Crippen LogP contribution in [0.3, 0.4) is 0 Å². The third kappa shape index (κ3) is 3.18. The molecule has 0 radical (unpaired) electrons. The minimum Gasteiger partial charge on any atom is -0.369 e. The van der Waals surface area contributed by atoms with E-state index < -0.39 is 0 Å². The number of nitrogens with zero attached hydrogens (tertiary/aromatic N) is 2. The molecule has 6 nitrogen and oxygen atoms in total. The monoisotopic (exact) mass is 279 g/mol. The Hall–Kier alpha value is -1.85. The lowest BCUT2D eigenvalue weighted by Crippen LogP contribution is -2.44. The van der Waals surface area contributed by atoms with Gasteiger partial charge in [-0.2, -0.15) is 0 Å². The average Bonchev–Trinajstić information content (AvgIpc) is 2.75. The Morgan fingerprint density at radius 1 is 1.45 bits per heavy atom. The van der Waals surface area contributed by atoms with E-state index >= 15 is 0 Å². The number of amides is 2. The molecule has 110 valence electrons. The number of hydrogen-bond donors (Lipinski definition) is 1. The molecular weight excluding hydrogens is 258 g/mol. The highest BCUT2D eigenvalue weighted by Crippen LogP contribution is 2.19. The van der Waals surface area contributed by atoms with Gasteiger partial charge >= 0.3 is 0 Å². The molecule has 2 N–H and O–H groups in total. The number of hydrogen-bond acceptors (Lipinski definition) is 4. The van der Waals surface area contributed by atoms with Crippen molar-refractivity contribution in [3.05, 3.63) is 17.0 Å². The van der Waals surface area contributed by atoms with E-state index in [4.69, 9.17) is 10.3 Å². The van der Waals surface area contributed by atoms with Crippen LogP contribution >= 0.6 is 0 Å². The molecule has 1 aromatic rings. The van der Waals surface area contributed by atoms with E-state index in [1.54, 1.807) is 4.90 Å². The van der Waals surface area contributed by atoms with Crippen molar-refractivity contribution < 1.29 is 14.1 Å². The van der Waals surface area contributed by atoms with Crippen LogP contribution in [0.2, 0.25) is 0 Å². The minimum atomic E-state index is -0.312. The van der Waals surface area contributed by atoms with E-state index in [0.717, 1.165) is 29.9 Å². The van der Waals surface area contributed by atoms with Crippen LogP contribution in [-0.2, 0) is 16.0 Å². The van der Waals surface area contributed by atoms with Crippen LogP contribution in [0.25, 0.3) is 0 Å².